The van der Waals surface area contributed by atoms with E-state index >= 15 is 0 Å². The maximum Gasteiger partial charge on any atom is 0.252 e. The third kappa shape index (κ3) is 3.83. The molecule has 2 aromatic carbocycles. The number of aryl methyl sites for hydroxylation is 1. The molecule has 0 saturated heterocycles. The maximum atomic E-state index is 12.1. The molecule has 0 saturated carbocycles. The van der Waals surface area contributed by atoms with E-state index < -0.39 is 0 Å². The van der Waals surface area contributed by atoms with Crippen LogP contribution in [0.4, 0.5) is 0 Å². The molecule has 0 atom stereocenters. The van der Waals surface area contributed by atoms with E-state index in [-0.39, 0.29) is 10.9 Å². The van der Waals surface area contributed by atoms with Crippen LogP contribution in [-0.2, 0) is 6.42 Å². The second-order valence-electron chi connectivity index (χ2n) is 5.04. The molecular weight excluding hydrogens is 351 g/mol. The summed E-state index contributed by atoms with van der Waals surface area (Å²) in [6.45, 7) is 0.567. The fraction of sp³-hybridized carbons (Fsp3) is 0.176. The lowest BCUT2D eigenvalue weighted by atomic mass is 10.2. The molecule has 3 nitrogen and oxygen atoms in total. The number of amides is 1. The molecule has 0 aliphatic carbocycles. The number of para-hydroxylation sites is 1. The molecule has 1 heterocycles. The van der Waals surface area contributed by atoms with Crippen molar-refractivity contribution in [3.63, 3.8) is 0 Å². The Bertz CT molecular complexity index is 814. The quantitative estimate of drug-likeness (QED) is 0.649. The number of benzene rings is 2. The lowest BCUT2D eigenvalue weighted by molar-refractivity contribution is 0.0953. The molecule has 118 valence electrons. The van der Waals surface area contributed by atoms with E-state index in [0.29, 0.717) is 17.1 Å². The second kappa shape index (κ2) is 7.30. The summed E-state index contributed by atoms with van der Waals surface area (Å²) in [6, 6.07) is 13.1. The highest BCUT2D eigenvalue weighted by Crippen LogP contribution is 2.25. The third-order valence-electron chi connectivity index (χ3n) is 3.39. The van der Waals surface area contributed by atoms with Crippen LogP contribution in [0.15, 0.2) is 42.5 Å². The molecule has 1 aromatic heterocycles. The Morgan fingerprint density at radius 3 is 2.78 bits per heavy atom. The summed E-state index contributed by atoms with van der Waals surface area (Å²) in [5.74, 6) is -0.207. The lowest BCUT2D eigenvalue weighted by Crippen LogP contribution is -2.25. The maximum absolute atomic E-state index is 12.1. The second-order valence-corrected chi connectivity index (χ2v) is 6.94. The third-order valence-corrected chi connectivity index (χ3v) is 5.30. The molecule has 0 unspecified atom stereocenters. The van der Waals surface area contributed by atoms with E-state index in [9.17, 15) is 4.79 Å². The fourth-order valence-electron chi connectivity index (χ4n) is 2.24. The average Bonchev–Trinajstić information content (AvgIpc) is 2.96. The van der Waals surface area contributed by atoms with E-state index in [2.05, 4.69) is 16.4 Å². The number of carbonyl (C=O) groups excluding carboxylic acids is 1. The SMILES string of the molecule is O=C(NCCCc1nc2ccccc2s1)c1cccc(Cl)c1Cl. The van der Waals surface area contributed by atoms with Crippen LogP contribution in [0.1, 0.15) is 21.8 Å². The van der Waals surface area contributed by atoms with E-state index in [1.807, 2.05) is 18.2 Å². The van der Waals surface area contributed by atoms with Gasteiger partial charge in [-0.1, -0.05) is 41.4 Å². The first-order valence-electron chi connectivity index (χ1n) is 7.22. The Kier molecular flexibility index (Phi) is 5.16. The Labute approximate surface area is 148 Å². The molecule has 3 aromatic rings. The van der Waals surface area contributed by atoms with Crippen molar-refractivity contribution < 1.29 is 4.79 Å². The van der Waals surface area contributed by atoms with Gasteiger partial charge in [0.05, 0.1) is 30.8 Å². The van der Waals surface area contributed by atoms with Gasteiger partial charge in [-0.2, -0.15) is 0 Å². The minimum absolute atomic E-state index is 0.207. The number of thiazole rings is 1. The van der Waals surface area contributed by atoms with E-state index in [1.54, 1.807) is 29.5 Å². The average molecular weight is 365 g/mol. The van der Waals surface area contributed by atoms with Gasteiger partial charge in [0, 0.05) is 13.0 Å². The molecule has 23 heavy (non-hydrogen) atoms. The fourth-order valence-corrected chi connectivity index (χ4v) is 3.64. The Morgan fingerprint density at radius 1 is 1.13 bits per heavy atom. The molecule has 3 rings (SSSR count). The van der Waals surface area contributed by atoms with Gasteiger partial charge in [-0.15, -0.1) is 11.3 Å². The first-order valence-corrected chi connectivity index (χ1v) is 8.79. The smallest absolute Gasteiger partial charge is 0.252 e. The molecule has 1 N–H and O–H groups in total. The van der Waals surface area contributed by atoms with Gasteiger partial charge < -0.3 is 5.32 Å². The number of nitrogens with one attached hydrogen (secondary N) is 1. The van der Waals surface area contributed by atoms with Gasteiger partial charge in [0.25, 0.3) is 5.91 Å². The minimum Gasteiger partial charge on any atom is -0.352 e. The van der Waals surface area contributed by atoms with E-state index in [1.165, 1.54) is 4.70 Å². The van der Waals surface area contributed by atoms with Crippen LogP contribution in [0.2, 0.25) is 10.0 Å². The van der Waals surface area contributed by atoms with Crippen LogP contribution in [0.3, 0.4) is 0 Å². The lowest BCUT2D eigenvalue weighted by Gasteiger charge is -2.07. The zero-order chi connectivity index (χ0) is 16.2. The summed E-state index contributed by atoms with van der Waals surface area (Å²) in [7, 11) is 0. The van der Waals surface area contributed by atoms with Gasteiger partial charge in [-0.25, -0.2) is 4.98 Å². The summed E-state index contributed by atoms with van der Waals surface area (Å²) in [6.07, 6.45) is 1.66. The topological polar surface area (TPSA) is 42.0 Å². The molecule has 1 amide bonds. The van der Waals surface area contributed by atoms with Gasteiger partial charge in [0.2, 0.25) is 0 Å². The number of nitrogens with zero attached hydrogens (tertiary/aromatic N) is 1. The summed E-state index contributed by atoms with van der Waals surface area (Å²) < 4.78 is 1.19. The van der Waals surface area contributed by atoms with Crippen LogP contribution in [-0.4, -0.2) is 17.4 Å². The standard InChI is InChI=1S/C17H14Cl2N2OS/c18-12-6-3-5-11(16(12)19)17(22)20-10-4-9-15-21-13-7-1-2-8-14(13)23-15/h1-3,5-8H,4,9-10H2,(H,20,22). The number of hydrogen-bond acceptors (Lipinski definition) is 3. The summed E-state index contributed by atoms with van der Waals surface area (Å²) >= 11 is 13.7. The van der Waals surface area contributed by atoms with Crippen molar-refractivity contribution in [3.05, 3.63) is 63.1 Å². The molecule has 0 bridgehead atoms. The summed E-state index contributed by atoms with van der Waals surface area (Å²) in [5.41, 5.74) is 1.43. The normalized spacial score (nSPS) is 10.9. The number of hydrogen-bond donors (Lipinski definition) is 1. The van der Waals surface area contributed by atoms with Crippen LogP contribution in [0.5, 0.6) is 0 Å². The molecule has 0 aliphatic rings. The number of halogens is 2. The number of rotatable bonds is 5. The van der Waals surface area contributed by atoms with Crippen molar-refractivity contribution in [2.75, 3.05) is 6.54 Å². The number of carbonyl (C=O) groups is 1. The van der Waals surface area contributed by atoms with Crippen LogP contribution < -0.4 is 5.32 Å². The highest BCUT2D eigenvalue weighted by atomic mass is 35.5. The highest BCUT2D eigenvalue weighted by molar-refractivity contribution is 7.18. The number of fused-ring (bicyclic) bond motifs is 1. The zero-order valence-corrected chi connectivity index (χ0v) is 14.5. The zero-order valence-electron chi connectivity index (χ0n) is 12.2. The van der Waals surface area contributed by atoms with Crippen molar-refractivity contribution >= 4 is 50.7 Å². The monoisotopic (exact) mass is 364 g/mol. The van der Waals surface area contributed by atoms with Crippen molar-refractivity contribution in [1.82, 2.24) is 10.3 Å². The molecule has 0 aliphatic heterocycles. The van der Waals surface area contributed by atoms with Crippen molar-refractivity contribution in [2.24, 2.45) is 0 Å². The predicted molar refractivity (Wildman–Crippen MR) is 96.7 cm³/mol. The van der Waals surface area contributed by atoms with Gasteiger partial charge in [-0.3, -0.25) is 4.79 Å². The van der Waals surface area contributed by atoms with Gasteiger partial charge in [0.1, 0.15) is 0 Å². The molecule has 0 fully saturated rings. The first-order chi connectivity index (χ1) is 11.1. The van der Waals surface area contributed by atoms with Crippen molar-refractivity contribution in [1.29, 1.82) is 0 Å². The highest BCUT2D eigenvalue weighted by Gasteiger charge is 2.12. The Hall–Kier alpha value is -1.62. The van der Waals surface area contributed by atoms with E-state index in [0.717, 1.165) is 23.4 Å². The number of aromatic nitrogens is 1. The molecular formula is C17H14Cl2N2OS. The largest absolute Gasteiger partial charge is 0.352 e. The van der Waals surface area contributed by atoms with E-state index in [4.69, 9.17) is 23.2 Å². The van der Waals surface area contributed by atoms with Crippen LogP contribution in [0.25, 0.3) is 10.2 Å². The molecule has 0 radical (unpaired) electrons. The minimum atomic E-state index is -0.207. The first kappa shape index (κ1) is 16.2. The molecule has 6 heteroatoms. The van der Waals surface area contributed by atoms with Crippen molar-refractivity contribution in [3.8, 4) is 0 Å². The molecule has 0 spiro atoms. The van der Waals surface area contributed by atoms with Gasteiger partial charge in [-0.05, 0) is 30.7 Å². The van der Waals surface area contributed by atoms with Crippen molar-refractivity contribution in [2.45, 2.75) is 12.8 Å². The summed E-state index contributed by atoms with van der Waals surface area (Å²) in [4.78, 5) is 16.7. The summed E-state index contributed by atoms with van der Waals surface area (Å²) in [5, 5.41) is 4.62. The van der Waals surface area contributed by atoms with Crippen LogP contribution >= 0.6 is 34.5 Å². The van der Waals surface area contributed by atoms with Crippen LogP contribution in [0, 0.1) is 0 Å². The van der Waals surface area contributed by atoms with Gasteiger partial charge >= 0.3 is 0 Å². The predicted octanol–water partition coefficient (Wildman–Crippen LogP) is 4.97. The van der Waals surface area contributed by atoms with Gasteiger partial charge in [0.15, 0.2) is 0 Å². The Morgan fingerprint density at radius 2 is 1.96 bits per heavy atom. The Balaban J connectivity index is 1.53.